The maximum Gasteiger partial charge on any atom is 0.161 e. The van der Waals surface area contributed by atoms with Crippen molar-refractivity contribution >= 4 is 22.5 Å². The number of fused-ring (bicyclic) bond motifs is 1. The van der Waals surface area contributed by atoms with Crippen LogP contribution in [0.5, 0.6) is 0 Å². The van der Waals surface area contributed by atoms with Crippen molar-refractivity contribution in [3.8, 4) is 0 Å². The summed E-state index contributed by atoms with van der Waals surface area (Å²) in [6.45, 7) is 5.80. The van der Waals surface area contributed by atoms with E-state index in [1.807, 2.05) is 35.9 Å². The standard InChI is InChI=1S/C15H17NO2/c1-10-4-5-15-13(8-10)14(12(3)18)9-16(15)7-6-11(2)17/h4-5,8-9H,6-7H2,1-3H3. The molecule has 0 N–H and O–H groups in total. The van der Waals surface area contributed by atoms with Crippen LogP contribution in [0.25, 0.3) is 10.9 Å². The lowest BCUT2D eigenvalue weighted by molar-refractivity contribution is -0.117. The summed E-state index contributed by atoms with van der Waals surface area (Å²) in [5.41, 5.74) is 2.89. The molecule has 1 heterocycles. The van der Waals surface area contributed by atoms with Gasteiger partial charge in [-0.15, -0.1) is 0 Å². The highest BCUT2D eigenvalue weighted by Crippen LogP contribution is 2.23. The number of benzene rings is 1. The average Bonchev–Trinajstić information content (AvgIpc) is 2.64. The minimum Gasteiger partial charge on any atom is -0.346 e. The Bertz CT molecular complexity index is 623. The predicted octanol–water partition coefficient (Wildman–Crippen LogP) is 3.13. The summed E-state index contributed by atoms with van der Waals surface area (Å²) in [7, 11) is 0. The molecule has 2 rings (SSSR count). The molecule has 1 aromatic heterocycles. The van der Waals surface area contributed by atoms with E-state index in [0.717, 1.165) is 22.0 Å². The zero-order valence-corrected chi connectivity index (χ0v) is 11.0. The summed E-state index contributed by atoms with van der Waals surface area (Å²) >= 11 is 0. The summed E-state index contributed by atoms with van der Waals surface area (Å²) in [4.78, 5) is 22.7. The fourth-order valence-electron chi connectivity index (χ4n) is 2.15. The highest BCUT2D eigenvalue weighted by molar-refractivity contribution is 6.07. The smallest absolute Gasteiger partial charge is 0.161 e. The van der Waals surface area contributed by atoms with Crippen LogP contribution in [-0.2, 0) is 11.3 Å². The van der Waals surface area contributed by atoms with Crippen LogP contribution in [0.1, 0.15) is 36.2 Å². The summed E-state index contributed by atoms with van der Waals surface area (Å²) in [5.74, 6) is 0.223. The third-order valence-corrected chi connectivity index (χ3v) is 3.12. The SMILES string of the molecule is CC(=O)CCn1cc(C(C)=O)c2cc(C)ccc21. The first-order chi connectivity index (χ1) is 8.49. The predicted molar refractivity (Wildman–Crippen MR) is 72.0 cm³/mol. The number of ketones is 2. The number of hydrogen-bond donors (Lipinski definition) is 0. The van der Waals surface area contributed by atoms with Crippen molar-refractivity contribution in [1.29, 1.82) is 0 Å². The highest BCUT2D eigenvalue weighted by Gasteiger charge is 2.12. The van der Waals surface area contributed by atoms with Crippen LogP contribution in [0.15, 0.2) is 24.4 Å². The number of aryl methyl sites for hydroxylation is 2. The van der Waals surface area contributed by atoms with E-state index < -0.39 is 0 Å². The van der Waals surface area contributed by atoms with Crippen molar-refractivity contribution < 1.29 is 9.59 Å². The van der Waals surface area contributed by atoms with Crippen molar-refractivity contribution in [3.05, 3.63) is 35.5 Å². The van der Waals surface area contributed by atoms with Crippen LogP contribution in [0.2, 0.25) is 0 Å². The summed E-state index contributed by atoms with van der Waals surface area (Å²) < 4.78 is 1.99. The second-order valence-electron chi connectivity index (χ2n) is 4.76. The molecule has 0 aliphatic rings. The fraction of sp³-hybridized carbons (Fsp3) is 0.333. The number of carbonyl (C=O) groups excluding carboxylic acids is 2. The molecule has 18 heavy (non-hydrogen) atoms. The van der Waals surface area contributed by atoms with Gasteiger partial charge in [-0.25, -0.2) is 0 Å². The Morgan fingerprint density at radius 1 is 1.22 bits per heavy atom. The molecule has 0 saturated heterocycles. The quantitative estimate of drug-likeness (QED) is 0.774. The molecule has 0 amide bonds. The van der Waals surface area contributed by atoms with Crippen molar-refractivity contribution in [3.63, 3.8) is 0 Å². The van der Waals surface area contributed by atoms with Gasteiger partial charge in [0.1, 0.15) is 5.78 Å². The van der Waals surface area contributed by atoms with Crippen molar-refractivity contribution in [1.82, 2.24) is 4.57 Å². The average molecular weight is 243 g/mol. The van der Waals surface area contributed by atoms with Gasteiger partial charge in [-0.3, -0.25) is 9.59 Å². The zero-order chi connectivity index (χ0) is 13.3. The van der Waals surface area contributed by atoms with E-state index in [-0.39, 0.29) is 11.6 Å². The number of nitrogens with zero attached hydrogens (tertiary/aromatic N) is 1. The summed E-state index contributed by atoms with van der Waals surface area (Å²) in [5, 5.41) is 0.978. The lowest BCUT2D eigenvalue weighted by Gasteiger charge is -2.03. The molecule has 0 radical (unpaired) electrons. The van der Waals surface area contributed by atoms with E-state index in [2.05, 4.69) is 0 Å². The van der Waals surface area contributed by atoms with Crippen molar-refractivity contribution in [2.75, 3.05) is 0 Å². The van der Waals surface area contributed by atoms with E-state index in [0.29, 0.717) is 13.0 Å². The Balaban J connectivity index is 2.54. The lowest BCUT2D eigenvalue weighted by atomic mass is 10.1. The van der Waals surface area contributed by atoms with Gasteiger partial charge in [0.2, 0.25) is 0 Å². The highest BCUT2D eigenvalue weighted by atomic mass is 16.1. The maximum atomic E-state index is 11.6. The monoisotopic (exact) mass is 243 g/mol. The summed E-state index contributed by atoms with van der Waals surface area (Å²) in [6, 6.07) is 6.06. The van der Waals surface area contributed by atoms with Gasteiger partial charge in [0.25, 0.3) is 0 Å². The van der Waals surface area contributed by atoms with Crippen LogP contribution < -0.4 is 0 Å². The van der Waals surface area contributed by atoms with Crippen molar-refractivity contribution in [2.45, 2.75) is 33.7 Å². The molecule has 1 aromatic carbocycles. The van der Waals surface area contributed by atoms with Crippen LogP contribution in [0.4, 0.5) is 0 Å². The Labute approximate surface area is 106 Å². The Hall–Kier alpha value is -1.90. The fourth-order valence-corrected chi connectivity index (χ4v) is 2.15. The van der Waals surface area contributed by atoms with Crippen molar-refractivity contribution in [2.24, 2.45) is 0 Å². The summed E-state index contributed by atoms with van der Waals surface area (Å²) in [6.07, 6.45) is 2.35. The number of Topliss-reactive ketones (excluding diaryl/α,β-unsaturated/α-hetero) is 2. The number of aromatic nitrogens is 1. The first-order valence-corrected chi connectivity index (χ1v) is 6.09. The van der Waals surface area contributed by atoms with Gasteiger partial charge < -0.3 is 4.57 Å². The van der Waals surface area contributed by atoms with E-state index >= 15 is 0 Å². The molecule has 0 saturated carbocycles. The largest absolute Gasteiger partial charge is 0.346 e. The van der Waals surface area contributed by atoms with Gasteiger partial charge in [0, 0.05) is 35.6 Å². The molecule has 0 unspecified atom stereocenters. The molecule has 0 atom stereocenters. The minimum absolute atomic E-state index is 0.0622. The molecule has 0 aliphatic carbocycles. The lowest BCUT2D eigenvalue weighted by Crippen LogP contribution is -2.01. The normalized spacial score (nSPS) is 10.8. The molecule has 94 valence electrons. The number of rotatable bonds is 4. The van der Waals surface area contributed by atoms with E-state index in [1.165, 1.54) is 0 Å². The van der Waals surface area contributed by atoms with Gasteiger partial charge >= 0.3 is 0 Å². The second-order valence-corrected chi connectivity index (χ2v) is 4.76. The van der Waals surface area contributed by atoms with Crippen LogP contribution in [0.3, 0.4) is 0 Å². The molecule has 0 aliphatic heterocycles. The Morgan fingerprint density at radius 3 is 2.56 bits per heavy atom. The van der Waals surface area contributed by atoms with Gasteiger partial charge in [-0.1, -0.05) is 11.6 Å². The third kappa shape index (κ3) is 2.35. The minimum atomic E-state index is 0.0622. The van der Waals surface area contributed by atoms with Gasteiger partial charge in [0.15, 0.2) is 5.78 Å². The topological polar surface area (TPSA) is 39.1 Å². The maximum absolute atomic E-state index is 11.6. The van der Waals surface area contributed by atoms with Crippen LogP contribution in [0, 0.1) is 6.92 Å². The molecule has 0 bridgehead atoms. The van der Waals surface area contributed by atoms with Crippen LogP contribution >= 0.6 is 0 Å². The molecule has 0 fully saturated rings. The molecule has 3 heteroatoms. The zero-order valence-electron chi connectivity index (χ0n) is 11.0. The Kier molecular flexibility index (Phi) is 3.32. The second kappa shape index (κ2) is 4.77. The molecular weight excluding hydrogens is 226 g/mol. The van der Waals surface area contributed by atoms with E-state index in [1.54, 1.807) is 13.8 Å². The molecule has 0 spiro atoms. The van der Waals surface area contributed by atoms with Gasteiger partial charge in [0.05, 0.1) is 0 Å². The molecular formula is C15H17NO2. The number of carbonyl (C=O) groups is 2. The van der Waals surface area contributed by atoms with E-state index in [4.69, 9.17) is 0 Å². The van der Waals surface area contributed by atoms with E-state index in [9.17, 15) is 9.59 Å². The first-order valence-electron chi connectivity index (χ1n) is 6.09. The number of hydrogen-bond acceptors (Lipinski definition) is 2. The third-order valence-electron chi connectivity index (χ3n) is 3.12. The van der Waals surface area contributed by atoms with Crippen LogP contribution in [-0.4, -0.2) is 16.1 Å². The molecule has 3 nitrogen and oxygen atoms in total. The Morgan fingerprint density at radius 2 is 1.94 bits per heavy atom. The van der Waals surface area contributed by atoms with Gasteiger partial charge in [-0.05, 0) is 32.9 Å². The first kappa shape index (κ1) is 12.6. The molecule has 2 aromatic rings. The van der Waals surface area contributed by atoms with Gasteiger partial charge in [-0.2, -0.15) is 0 Å².